The molecule has 2 aromatic carbocycles. The van der Waals surface area contributed by atoms with Crippen LogP contribution in [0.3, 0.4) is 0 Å². The van der Waals surface area contributed by atoms with E-state index in [0.717, 1.165) is 16.6 Å². The fraction of sp³-hybridized carbons (Fsp3) is 0.111. The lowest BCUT2D eigenvalue weighted by Gasteiger charge is -2.10. The number of fused-ring (bicyclic) bond motifs is 1. The van der Waals surface area contributed by atoms with Gasteiger partial charge in [0.25, 0.3) is 17.5 Å². The van der Waals surface area contributed by atoms with Crippen LogP contribution in [-0.4, -0.2) is 21.3 Å². The highest BCUT2D eigenvalue weighted by molar-refractivity contribution is 5.95. The number of carbonyl (C=O) groups is 2. The molecule has 0 aliphatic rings. The third-order valence-corrected chi connectivity index (χ3v) is 3.98. The molecule has 0 fully saturated rings. The van der Waals surface area contributed by atoms with Crippen molar-refractivity contribution in [1.82, 2.24) is 15.4 Å². The average molecular weight is 352 g/mol. The molecule has 1 aromatic heterocycles. The van der Waals surface area contributed by atoms with Gasteiger partial charge in [0.15, 0.2) is 0 Å². The third kappa shape index (κ3) is 3.54. The first kappa shape index (κ1) is 17.2. The summed E-state index contributed by atoms with van der Waals surface area (Å²) in [4.78, 5) is 34.2. The quantitative estimate of drug-likeness (QED) is 0.555. The molecule has 0 atom stereocenters. The van der Waals surface area contributed by atoms with E-state index in [1.807, 2.05) is 41.8 Å². The summed E-state index contributed by atoms with van der Waals surface area (Å²) in [6, 6.07) is 14.8. The van der Waals surface area contributed by atoms with Gasteiger partial charge in [-0.05, 0) is 36.6 Å². The highest BCUT2D eigenvalue weighted by Crippen LogP contribution is 2.18. The topological polar surface area (TPSA) is 106 Å². The van der Waals surface area contributed by atoms with E-state index >= 15 is 0 Å². The Labute approximate surface area is 148 Å². The predicted molar refractivity (Wildman–Crippen MR) is 95.4 cm³/mol. The van der Waals surface area contributed by atoms with Crippen molar-refractivity contribution in [2.45, 2.75) is 13.5 Å². The molecule has 8 heteroatoms. The largest absolute Gasteiger partial charge is 0.335 e. The molecule has 0 spiro atoms. The first-order valence-electron chi connectivity index (χ1n) is 7.84. The van der Waals surface area contributed by atoms with Gasteiger partial charge < -0.3 is 4.57 Å². The molecule has 26 heavy (non-hydrogen) atoms. The fourth-order valence-electron chi connectivity index (χ4n) is 2.67. The molecule has 0 aliphatic heterocycles. The average Bonchev–Trinajstić information content (AvgIpc) is 2.95. The number of aromatic nitrogens is 1. The Morgan fingerprint density at radius 3 is 2.46 bits per heavy atom. The fourth-order valence-corrected chi connectivity index (χ4v) is 2.67. The number of benzene rings is 2. The lowest BCUT2D eigenvalue weighted by Crippen LogP contribution is -2.43. The van der Waals surface area contributed by atoms with Crippen molar-refractivity contribution in [3.8, 4) is 0 Å². The van der Waals surface area contributed by atoms with Crippen molar-refractivity contribution >= 4 is 28.4 Å². The predicted octanol–water partition coefficient (Wildman–Crippen LogP) is 2.32. The summed E-state index contributed by atoms with van der Waals surface area (Å²) >= 11 is 0. The van der Waals surface area contributed by atoms with Gasteiger partial charge in [-0.3, -0.25) is 30.6 Å². The van der Waals surface area contributed by atoms with Crippen LogP contribution in [0.1, 0.15) is 16.1 Å². The molecule has 0 bridgehead atoms. The van der Waals surface area contributed by atoms with Gasteiger partial charge in [-0.25, -0.2) is 0 Å². The van der Waals surface area contributed by atoms with Gasteiger partial charge in [-0.1, -0.05) is 18.2 Å². The van der Waals surface area contributed by atoms with E-state index < -0.39 is 10.8 Å². The van der Waals surface area contributed by atoms with Crippen LogP contribution < -0.4 is 10.9 Å². The van der Waals surface area contributed by atoms with Crippen molar-refractivity contribution in [3.05, 3.63) is 76.0 Å². The smallest absolute Gasteiger partial charge is 0.269 e. The van der Waals surface area contributed by atoms with Crippen LogP contribution in [0.2, 0.25) is 0 Å². The van der Waals surface area contributed by atoms with Crippen LogP contribution in [-0.2, 0) is 11.3 Å². The minimum Gasteiger partial charge on any atom is -0.335 e. The van der Waals surface area contributed by atoms with Crippen LogP contribution in [0.25, 0.3) is 10.9 Å². The number of hydrazine groups is 1. The Bertz CT molecular complexity index is 992. The van der Waals surface area contributed by atoms with Crippen molar-refractivity contribution in [2.75, 3.05) is 0 Å². The second kappa shape index (κ2) is 7.06. The van der Waals surface area contributed by atoms with Gasteiger partial charge in [-0.15, -0.1) is 0 Å². The Morgan fingerprint density at radius 2 is 1.77 bits per heavy atom. The summed E-state index contributed by atoms with van der Waals surface area (Å²) in [7, 11) is 0. The maximum atomic E-state index is 12.1. The maximum absolute atomic E-state index is 12.1. The first-order chi connectivity index (χ1) is 12.5. The number of para-hydroxylation sites is 1. The zero-order valence-corrected chi connectivity index (χ0v) is 13.9. The van der Waals surface area contributed by atoms with E-state index in [-0.39, 0.29) is 23.7 Å². The van der Waals surface area contributed by atoms with Crippen molar-refractivity contribution in [2.24, 2.45) is 0 Å². The molecule has 2 amide bonds. The zero-order chi connectivity index (χ0) is 18.7. The number of aryl methyl sites for hydroxylation is 1. The van der Waals surface area contributed by atoms with E-state index in [2.05, 4.69) is 10.9 Å². The standard InChI is InChI=1S/C18H16N4O4/c1-12-10-14-4-2-3-5-16(14)21(12)11-17(23)19-20-18(24)13-6-8-15(9-7-13)22(25)26/h2-10H,11H2,1H3,(H,19,23)(H,20,24). The summed E-state index contributed by atoms with van der Waals surface area (Å²) < 4.78 is 1.85. The summed E-state index contributed by atoms with van der Waals surface area (Å²) in [6.07, 6.45) is 0. The van der Waals surface area contributed by atoms with Crippen molar-refractivity contribution < 1.29 is 14.5 Å². The lowest BCUT2D eigenvalue weighted by atomic mass is 10.2. The van der Waals surface area contributed by atoms with Gasteiger partial charge in [-0.2, -0.15) is 0 Å². The minimum atomic E-state index is -0.553. The molecule has 2 N–H and O–H groups in total. The first-order valence-corrected chi connectivity index (χ1v) is 7.84. The Balaban J connectivity index is 1.62. The van der Waals surface area contributed by atoms with Crippen LogP contribution in [0.15, 0.2) is 54.6 Å². The van der Waals surface area contributed by atoms with E-state index in [9.17, 15) is 19.7 Å². The molecule has 0 unspecified atom stereocenters. The monoisotopic (exact) mass is 352 g/mol. The number of hydrogen-bond acceptors (Lipinski definition) is 4. The molecule has 3 rings (SSSR count). The number of non-ortho nitro benzene ring substituents is 1. The highest BCUT2D eigenvalue weighted by Gasteiger charge is 2.12. The number of amides is 2. The van der Waals surface area contributed by atoms with Crippen LogP contribution in [0.4, 0.5) is 5.69 Å². The number of carbonyl (C=O) groups excluding carboxylic acids is 2. The van der Waals surface area contributed by atoms with Gasteiger partial charge in [0.2, 0.25) is 0 Å². The second-order valence-electron chi connectivity index (χ2n) is 5.74. The molecular weight excluding hydrogens is 336 g/mol. The van der Waals surface area contributed by atoms with Crippen LogP contribution in [0.5, 0.6) is 0 Å². The minimum absolute atomic E-state index is 0.0554. The molecule has 3 aromatic rings. The molecule has 0 radical (unpaired) electrons. The van der Waals surface area contributed by atoms with E-state index in [0.29, 0.717) is 0 Å². The number of hydrogen-bond donors (Lipinski definition) is 2. The second-order valence-corrected chi connectivity index (χ2v) is 5.74. The number of rotatable bonds is 4. The third-order valence-electron chi connectivity index (χ3n) is 3.98. The summed E-state index contributed by atoms with van der Waals surface area (Å²) in [5, 5.41) is 11.6. The summed E-state index contributed by atoms with van der Waals surface area (Å²) in [5.41, 5.74) is 6.62. The molecule has 0 saturated carbocycles. The molecule has 132 valence electrons. The Kier molecular flexibility index (Phi) is 4.66. The Morgan fingerprint density at radius 1 is 1.08 bits per heavy atom. The van der Waals surface area contributed by atoms with Gasteiger partial charge in [0.1, 0.15) is 6.54 Å². The lowest BCUT2D eigenvalue weighted by molar-refractivity contribution is -0.384. The number of nitrogens with zero attached hydrogens (tertiary/aromatic N) is 2. The van der Waals surface area contributed by atoms with Gasteiger partial charge in [0.05, 0.1) is 4.92 Å². The highest BCUT2D eigenvalue weighted by atomic mass is 16.6. The van der Waals surface area contributed by atoms with E-state index in [4.69, 9.17) is 0 Å². The maximum Gasteiger partial charge on any atom is 0.269 e. The van der Waals surface area contributed by atoms with E-state index in [1.165, 1.54) is 24.3 Å². The summed E-state index contributed by atoms with van der Waals surface area (Å²) in [6.45, 7) is 1.96. The molecular formula is C18H16N4O4. The zero-order valence-electron chi connectivity index (χ0n) is 13.9. The molecule has 0 aliphatic carbocycles. The summed E-state index contributed by atoms with van der Waals surface area (Å²) in [5.74, 6) is -0.938. The Hall–Kier alpha value is -3.68. The number of nitro groups is 1. The van der Waals surface area contributed by atoms with Gasteiger partial charge in [0, 0.05) is 28.9 Å². The number of nitro benzene ring substituents is 1. The van der Waals surface area contributed by atoms with E-state index in [1.54, 1.807) is 0 Å². The van der Waals surface area contributed by atoms with Gasteiger partial charge >= 0.3 is 0 Å². The molecule has 0 saturated heterocycles. The normalized spacial score (nSPS) is 10.5. The van der Waals surface area contributed by atoms with Crippen molar-refractivity contribution in [3.63, 3.8) is 0 Å². The van der Waals surface area contributed by atoms with Crippen LogP contribution in [0, 0.1) is 17.0 Å². The van der Waals surface area contributed by atoms with Crippen molar-refractivity contribution in [1.29, 1.82) is 0 Å². The SMILES string of the molecule is Cc1cc2ccccc2n1CC(=O)NNC(=O)c1ccc([N+](=O)[O-])cc1. The molecule has 1 heterocycles. The molecule has 8 nitrogen and oxygen atoms in total. The van der Waals surface area contributed by atoms with Crippen LogP contribution >= 0.6 is 0 Å². The number of nitrogens with one attached hydrogen (secondary N) is 2.